The predicted molar refractivity (Wildman–Crippen MR) is 138 cm³/mol. The van der Waals surface area contributed by atoms with E-state index in [1.807, 2.05) is 47.2 Å². The van der Waals surface area contributed by atoms with Gasteiger partial charge in [0.2, 0.25) is 11.8 Å². The number of thiophene rings is 1. The monoisotopic (exact) mass is 495 g/mol. The summed E-state index contributed by atoms with van der Waals surface area (Å²) in [6, 6.07) is 9.75. The molecule has 3 aromatic rings. The van der Waals surface area contributed by atoms with Crippen molar-refractivity contribution in [2.45, 2.75) is 50.6 Å². The number of amides is 2. The Kier molecular flexibility index (Phi) is 6.74. The number of aromatic nitrogens is 3. The van der Waals surface area contributed by atoms with Gasteiger partial charge in [0.1, 0.15) is 0 Å². The van der Waals surface area contributed by atoms with Gasteiger partial charge in [0.05, 0.1) is 22.0 Å². The van der Waals surface area contributed by atoms with Crippen LogP contribution >= 0.6 is 23.1 Å². The summed E-state index contributed by atoms with van der Waals surface area (Å²) in [4.78, 5) is 29.3. The van der Waals surface area contributed by atoms with Crippen LogP contribution in [0.25, 0.3) is 10.7 Å². The van der Waals surface area contributed by atoms with Crippen LogP contribution in [0.15, 0.2) is 35.5 Å². The molecule has 178 valence electrons. The number of benzene rings is 1. The highest BCUT2D eigenvalue weighted by atomic mass is 32.2. The first kappa shape index (κ1) is 23.1. The molecule has 5 rings (SSSR count). The number of thioether (sulfide) groups is 1. The highest BCUT2D eigenvalue weighted by Crippen LogP contribution is 2.38. The number of nitrogens with one attached hydrogen (secondary N) is 1. The van der Waals surface area contributed by atoms with Crippen molar-refractivity contribution in [2.75, 3.05) is 22.5 Å². The molecule has 0 spiro atoms. The Morgan fingerprint density at radius 2 is 2.12 bits per heavy atom. The van der Waals surface area contributed by atoms with E-state index >= 15 is 0 Å². The molecule has 9 heteroatoms. The summed E-state index contributed by atoms with van der Waals surface area (Å²) in [6.45, 7) is 2.96. The van der Waals surface area contributed by atoms with E-state index in [1.165, 1.54) is 35.0 Å². The second-order valence-corrected chi connectivity index (χ2v) is 11.0. The average molecular weight is 496 g/mol. The zero-order chi connectivity index (χ0) is 23.7. The lowest BCUT2D eigenvalue weighted by Crippen LogP contribution is -2.26. The van der Waals surface area contributed by atoms with Gasteiger partial charge in [-0.1, -0.05) is 37.2 Å². The van der Waals surface area contributed by atoms with Crippen LogP contribution in [0.5, 0.6) is 0 Å². The fourth-order valence-corrected chi connectivity index (χ4v) is 6.69. The lowest BCUT2D eigenvalue weighted by molar-refractivity contribution is -0.117. The smallest absolute Gasteiger partial charge is 0.234 e. The minimum absolute atomic E-state index is 0.100. The summed E-state index contributed by atoms with van der Waals surface area (Å²) < 4.78 is 1.98. The molecule has 1 aliphatic heterocycles. The summed E-state index contributed by atoms with van der Waals surface area (Å²) in [5.41, 5.74) is 2.89. The lowest BCUT2D eigenvalue weighted by atomic mass is 9.87. The van der Waals surface area contributed by atoms with Crippen molar-refractivity contribution in [2.24, 2.45) is 13.0 Å². The number of nitrogens with zero attached hydrogens (tertiary/aromatic N) is 4. The standard InChI is InChI=1S/C25H29N5O2S2/c1-3-16-10-11-20-17(13-16)14-21(34-20)24-27-28-25(29(24)2)33-15-22(31)26-18-7-4-5-8-19(18)30-12-6-9-23(30)32/h4-5,7-8,14,16H,3,6,9-13,15H2,1-2H3,(H,26,31). The van der Waals surface area contributed by atoms with Crippen LogP contribution in [0.4, 0.5) is 11.4 Å². The molecule has 1 N–H and O–H groups in total. The van der Waals surface area contributed by atoms with E-state index in [1.54, 1.807) is 4.90 Å². The topological polar surface area (TPSA) is 80.1 Å². The van der Waals surface area contributed by atoms with Crippen LogP contribution in [-0.4, -0.2) is 38.9 Å². The number of fused-ring (bicyclic) bond motifs is 1. The number of carbonyl (C=O) groups is 2. The van der Waals surface area contributed by atoms with E-state index in [4.69, 9.17) is 0 Å². The molecular formula is C25H29N5O2S2. The third-order valence-corrected chi connectivity index (χ3v) is 8.95. The fraction of sp³-hybridized carbons (Fsp3) is 0.440. The molecule has 34 heavy (non-hydrogen) atoms. The molecule has 2 amide bonds. The summed E-state index contributed by atoms with van der Waals surface area (Å²) in [7, 11) is 1.96. The first-order valence-corrected chi connectivity index (χ1v) is 13.7. The van der Waals surface area contributed by atoms with Crippen LogP contribution in [-0.2, 0) is 29.5 Å². The Morgan fingerprint density at radius 3 is 2.91 bits per heavy atom. The molecule has 0 saturated carbocycles. The zero-order valence-corrected chi connectivity index (χ0v) is 21.2. The van der Waals surface area contributed by atoms with E-state index in [-0.39, 0.29) is 17.6 Å². The number of hydrogen-bond donors (Lipinski definition) is 1. The zero-order valence-electron chi connectivity index (χ0n) is 19.5. The van der Waals surface area contributed by atoms with Gasteiger partial charge in [-0.3, -0.25) is 9.59 Å². The van der Waals surface area contributed by atoms with E-state index in [9.17, 15) is 9.59 Å². The first-order chi connectivity index (χ1) is 16.5. The molecule has 7 nitrogen and oxygen atoms in total. The minimum atomic E-state index is -0.133. The van der Waals surface area contributed by atoms with Gasteiger partial charge in [0.25, 0.3) is 0 Å². The van der Waals surface area contributed by atoms with Crippen molar-refractivity contribution >= 4 is 46.3 Å². The highest BCUT2D eigenvalue weighted by molar-refractivity contribution is 7.99. The molecule has 2 aromatic heterocycles. The van der Waals surface area contributed by atoms with Gasteiger partial charge < -0.3 is 14.8 Å². The van der Waals surface area contributed by atoms with Crippen molar-refractivity contribution in [3.63, 3.8) is 0 Å². The maximum atomic E-state index is 12.7. The maximum Gasteiger partial charge on any atom is 0.234 e. The normalized spacial score (nSPS) is 17.8. The maximum absolute atomic E-state index is 12.7. The summed E-state index contributed by atoms with van der Waals surface area (Å²) >= 11 is 3.19. The SMILES string of the molecule is CCC1CCc2sc(-c3nnc(SCC(=O)Nc4ccccc4N4CCCC4=O)n3C)cc2C1. The van der Waals surface area contributed by atoms with Gasteiger partial charge in [-0.15, -0.1) is 21.5 Å². The molecule has 3 heterocycles. The number of carbonyl (C=O) groups excluding carboxylic acids is 2. The van der Waals surface area contributed by atoms with Gasteiger partial charge >= 0.3 is 0 Å². The molecule has 1 fully saturated rings. The third-order valence-electron chi connectivity index (χ3n) is 6.69. The Hall–Kier alpha value is -2.65. The van der Waals surface area contributed by atoms with Crippen molar-refractivity contribution in [3.8, 4) is 10.7 Å². The Labute approximate surface area is 208 Å². The molecule has 1 aromatic carbocycles. The molecule has 1 atom stereocenters. The quantitative estimate of drug-likeness (QED) is 0.471. The van der Waals surface area contributed by atoms with Crippen molar-refractivity contribution in [1.82, 2.24) is 14.8 Å². The summed E-state index contributed by atoms with van der Waals surface area (Å²) in [6.07, 6.45) is 6.22. The van der Waals surface area contributed by atoms with E-state index in [0.717, 1.165) is 41.6 Å². The Balaban J connectivity index is 1.24. The molecule has 1 saturated heterocycles. The van der Waals surface area contributed by atoms with E-state index in [0.29, 0.717) is 23.8 Å². The van der Waals surface area contributed by atoms with Crippen molar-refractivity contribution in [1.29, 1.82) is 0 Å². The largest absolute Gasteiger partial charge is 0.324 e. The molecule has 0 bridgehead atoms. The van der Waals surface area contributed by atoms with Crippen LogP contribution in [0.1, 0.15) is 43.0 Å². The number of rotatable bonds is 7. The fourth-order valence-electron chi connectivity index (χ4n) is 4.75. The van der Waals surface area contributed by atoms with Gasteiger partial charge in [-0.05, 0) is 55.4 Å². The Morgan fingerprint density at radius 1 is 1.26 bits per heavy atom. The van der Waals surface area contributed by atoms with Gasteiger partial charge in [-0.25, -0.2) is 0 Å². The molecule has 2 aliphatic rings. The summed E-state index contributed by atoms with van der Waals surface area (Å²) in [5, 5.41) is 12.5. The number of anilines is 2. The van der Waals surface area contributed by atoms with Crippen molar-refractivity contribution in [3.05, 3.63) is 40.8 Å². The Bertz CT molecular complexity index is 1220. The molecule has 1 aliphatic carbocycles. The number of para-hydroxylation sites is 2. The minimum Gasteiger partial charge on any atom is -0.324 e. The predicted octanol–water partition coefficient (Wildman–Crippen LogP) is 4.92. The number of aryl methyl sites for hydroxylation is 1. The first-order valence-electron chi connectivity index (χ1n) is 11.9. The number of hydrogen-bond acceptors (Lipinski definition) is 6. The van der Waals surface area contributed by atoms with Crippen LogP contribution in [0, 0.1) is 5.92 Å². The average Bonchev–Trinajstić information content (AvgIpc) is 3.55. The van der Waals surface area contributed by atoms with Crippen LogP contribution < -0.4 is 10.2 Å². The molecular weight excluding hydrogens is 466 g/mol. The van der Waals surface area contributed by atoms with Gasteiger partial charge in [0.15, 0.2) is 11.0 Å². The second-order valence-electron chi connectivity index (χ2n) is 8.94. The third kappa shape index (κ3) is 4.63. The van der Waals surface area contributed by atoms with Gasteiger partial charge in [0, 0.05) is 24.9 Å². The highest BCUT2D eigenvalue weighted by Gasteiger charge is 2.25. The van der Waals surface area contributed by atoms with Crippen molar-refractivity contribution < 1.29 is 9.59 Å². The van der Waals surface area contributed by atoms with Crippen LogP contribution in [0.3, 0.4) is 0 Å². The van der Waals surface area contributed by atoms with Crippen LogP contribution in [0.2, 0.25) is 0 Å². The molecule has 1 unspecified atom stereocenters. The lowest BCUT2D eigenvalue weighted by Gasteiger charge is -2.19. The van der Waals surface area contributed by atoms with Gasteiger partial charge in [-0.2, -0.15) is 0 Å². The van der Waals surface area contributed by atoms with E-state index < -0.39 is 0 Å². The molecule has 0 radical (unpaired) electrons. The summed E-state index contributed by atoms with van der Waals surface area (Å²) in [5.74, 6) is 1.82. The van der Waals surface area contributed by atoms with E-state index in [2.05, 4.69) is 28.5 Å². The second kappa shape index (κ2) is 9.92.